The lowest BCUT2D eigenvalue weighted by Crippen LogP contribution is -1.80. The third-order valence-corrected chi connectivity index (χ3v) is 3.33. The van der Waals surface area contributed by atoms with Crippen LogP contribution in [0.3, 0.4) is 0 Å². The third kappa shape index (κ3) is 1.15. The normalized spacial score (nSPS) is 11.6. The lowest BCUT2D eigenvalue weighted by molar-refractivity contribution is 0.592. The maximum Gasteiger partial charge on any atom is 0.174 e. The minimum absolute atomic E-state index is 0.278. The smallest absolute Gasteiger partial charge is 0.174 e. The van der Waals surface area contributed by atoms with E-state index in [4.69, 9.17) is 4.42 Å². The van der Waals surface area contributed by atoms with E-state index in [1.54, 1.807) is 6.07 Å². The molecule has 0 aliphatic heterocycles. The summed E-state index contributed by atoms with van der Waals surface area (Å²) >= 11 is 0. The number of benzene rings is 3. The van der Waals surface area contributed by atoms with Crippen molar-refractivity contribution in [2.24, 2.45) is 0 Å². The molecular weight excluding hydrogens is 227 g/mol. The number of halogens is 1. The molecule has 3 aromatic carbocycles. The van der Waals surface area contributed by atoms with Gasteiger partial charge in [0, 0.05) is 16.2 Å². The maximum absolute atomic E-state index is 14.4. The van der Waals surface area contributed by atoms with E-state index in [-0.39, 0.29) is 5.82 Å². The largest absolute Gasteiger partial charge is 0.453 e. The first-order chi connectivity index (χ1) is 8.84. The second kappa shape index (κ2) is 3.33. The molecule has 0 aliphatic rings. The number of para-hydroxylation sites is 1. The molecule has 2 heteroatoms. The third-order valence-electron chi connectivity index (χ3n) is 3.33. The second-order valence-electron chi connectivity index (χ2n) is 4.39. The fraction of sp³-hybridized carbons (Fsp3) is 0. The molecule has 1 heterocycles. The monoisotopic (exact) mass is 236 g/mol. The van der Waals surface area contributed by atoms with E-state index >= 15 is 0 Å². The highest BCUT2D eigenvalue weighted by Crippen LogP contribution is 2.34. The highest BCUT2D eigenvalue weighted by atomic mass is 19.1. The van der Waals surface area contributed by atoms with E-state index in [0.717, 1.165) is 21.7 Å². The van der Waals surface area contributed by atoms with Crippen molar-refractivity contribution in [2.45, 2.75) is 0 Å². The molecular formula is C16H9FO. The van der Waals surface area contributed by atoms with Crippen LogP contribution in [0.15, 0.2) is 59.0 Å². The first-order valence-electron chi connectivity index (χ1n) is 5.83. The van der Waals surface area contributed by atoms with Gasteiger partial charge in [-0.3, -0.25) is 0 Å². The molecule has 18 heavy (non-hydrogen) atoms. The van der Waals surface area contributed by atoms with Gasteiger partial charge in [-0.15, -0.1) is 0 Å². The van der Waals surface area contributed by atoms with Crippen molar-refractivity contribution in [3.63, 3.8) is 0 Å². The molecule has 86 valence electrons. The van der Waals surface area contributed by atoms with Gasteiger partial charge in [-0.1, -0.05) is 42.5 Å². The average molecular weight is 236 g/mol. The molecule has 0 aliphatic carbocycles. The Morgan fingerprint density at radius 1 is 0.778 bits per heavy atom. The molecule has 1 nitrogen and oxygen atoms in total. The quantitative estimate of drug-likeness (QED) is 0.424. The fourth-order valence-electron chi connectivity index (χ4n) is 2.47. The predicted molar refractivity (Wildman–Crippen MR) is 71.2 cm³/mol. The molecule has 0 fully saturated rings. The van der Waals surface area contributed by atoms with E-state index in [9.17, 15) is 4.39 Å². The minimum atomic E-state index is -0.278. The van der Waals surface area contributed by atoms with Gasteiger partial charge in [-0.25, -0.2) is 4.39 Å². The van der Waals surface area contributed by atoms with Gasteiger partial charge < -0.3 is 4.42 Å². The van der Waals surface area contributed by atoms with Crippen LogP contribution in [0.25, 0.3) is 32.7 Å². The Morgan fingerprint density at radius 3 is 2.39 bits per heavy atom. The molecule has 0 radical (unpaired) electrons. The maximum atomic E-state index is 14.4. The standard InChI is InChI=1S/C16H9FO/c17-15-11-6-2-1-5-10(11)9-13-12-7-3-4-8-14(12)18-16(13)15/h1-9H. The van der Waals surface area contributed by atoms with Gasteiger partial charge in [-0.05, 0) is 17.5 Å². The molecule has 1 aromatic heterocycles. The topological polar surface area (TPSA) is 13.1 Å². The highest BCUT2D eigenvalue weighted by molar-refractivity contribution is 6.10. The van der Waals surface area contributed by atoms with Crippen molar-refractivity contribution in [2.75, 3.05) is 0 Å². The van der Waals surface area contributed by atoms with Crippen molar-refractivity contribution < 1.29 is 8.81 Å². The van der Waals surface area contributed by atoms with Gasteiger partial charge in [0.15, 0.2) is 11.4 Å². The summed E-state index contributed by atoms with van der Waals surface area (Å²) in [6.45, 7) is 0. The van der Waals surface area contributed by atoms with Gasteiger partial charge in [-0.2, -0.15) is 0 Å². The van der Waals surface area contributed by atoms with Crippen LogP contribution in [0.2, 0.25) is 0 Å². The SMILES string of the molecule is Fc1c2ccccc2cc2c1oc1ccccc12. The molecule has 0 unspecified atom stereocenters. The van der Waals surface area contributed by atoms with Crippen LogP contribution in [-0.2, 0) is 0 Å². The van der Waals surface area contributed by atoms with Crippen LogP contribution in [0.4, 0.5) is 4.39 Å². The van der Waals surface area contributed by atoms with E-state index in [2.05, 4.69) is 0 Å². The Morgan fingerprint density at radius 2 is 1.50 bits per heavy atom. The number of hydrogen-bond donors (Lipinski definition) is 0. The van der Waals surface area contributed by atoms with Crippen LogP contribution in [0.1, 0.15) is 0 Å². The number of furan rings is 1. The van der Waals surface area contributed by atoms with Gasteiger partial charge in [0.1, 0.15) is 5.58 Å². The average Bonchev–Trinajstić information content (AvgIpc) is 2.79. The van der Waals surface area contributed by atoms with E-state index in [1.807, 2.05) is 48.5 Å². The summed E-state index contributed by atoms with van der Waals surface area (Å²) in [5, 5.41) is 3.29. The van der Waals surface area contributed by atoms with E-state index in [0.29, 0.717) is 11.0 Å². The van der Waals surface area contributed by atoms with Crippen molar-refractivity contribution in [3.8, 4) is 0 Å². The van der Waals surface area contributed by atoms with Gasteiger partial charge >= 0.3 is 0 Å². The highest BCUT2D eigenvalue weighted by Gasteiger charge is 2.13. The number of hydrogen-bond acceptors (Lipinski definition) is 1. The van der Waals surface area contributed by atoms with Crippen LogP contribution in [0.5, 0.6) is 0 Å². The van der Waals surface area contributed by atoms with Crippen molar-refractivity contribution in [1.29, 1.82) is 0 Å². The summed E-state index contributed by atoms with van der Waals surface area (Å²) in [4.78, 5) is 0. The first kappa shape index (κ1) is 9.66. The van der Waals surface area contributed by atoms with Crippen molar-refractivity contribution in [3.05, 3.63) is 60.4 Å². The van der Waals surface area contributed by atoms with E-state index in [1.165, 1.54) is 0 Å². The zero-order valence-corrected chi connectivity index (χ0v) is 9.48. The van der Waals surface area contributed by atoms with Gasteiger partial charge in [0.2, 0.25) is 0 Å². The predicted octanol–water partition coefficient (Wildman–Crippen LogP) is 4.88. The van der Waals surface area contributed by atoms with Gasteiger partial charge in [0.25, 0.3) is 0 Å². The molecule has 0 N–H and O–H groups in total. The Bertz CT molecular complexity index is 889. The van der Waals surface area contributed by atoms with Crippen LogP contribution < -0.4 is 0 Å². The molecule has 0 saturated carbocycles. The van der Waals surface area contributed by atoms with E-state index < -0.39 is 0 Å². The Balaban J connectivity index is 2.33. The Labute approximate surface area is 102 Å². The lowest BCUT2D eigenvalue weighted by Gasteiger charge is -1.99. The number of fused-ring (bicyclic) bond motifs is 4. The summed E-state index contributed by atoms with van der Waals surface area (Å²) in [5.41, 5.74) is 1.07. The van der Waals surface area contributed by atoms with Gasteiger partial charge in [0.05, 0.1) is 0 Å². The molecule has 0 atom stereocenters. The molecule has 0 bridgehead atoms. The van der Waals surface area contributed by atoms with Crippen LogP contribution >= 0.6 is 0 Å². The second-order valence-corrected chi connectivity index (χ2v) is 4.39. The zero-order valence-electron chi connectivity index (χ0n) is 9.48. The molecule has 4 aromatic rings. The summed E-state index contributed by atoms with van der Waals surface area (Å²) < 4.78 is 20.0. The minimum Gasteiger partial charge on any atom is -0.453 e. The number of rotatable bonds is 0. The Kier molecular flexibility index (Phi) is 1.78. The fourth-order valence-corrected chi connectivity index (χ4v) is 2.47. The molecule has 0 amide bonds. The summed E-state index contributed by atoms with van der Waals surface area (Å²) in [6.07, 6.45) is 0. The molecule has 4 rings (SSSR count). The van der Waals surface area contributed by atoms with Crippen LogP contribution in [-0.4, -0.2) is 0 Å². The van der Waals surface area contributed by atoms with Crippen molar-refractivity contribution >= 4 is 32.7 Å². The Hall–Kier alpha value is -2.35. The van der Waals surface area contributed by atoms with Crippen molar-refractivity contribution in [1.82, 2.24) is 0 Å². The zero-order chi connectivity index (χ0) is 12.1. The van der Waals surface area contributed by atoms with Crippen LogP contribution in [0, 0.1) is 5.82 Å². The molecule has 0 saturated heterocycles. The lowest BCUT2D eigenvalue weighted by atomic mass is 10.1. The summed E-state index contributed by atoms with van der Waals surface area (Å²) in [7, 11) is 0. The molecule has 0 spiro atoms. The summed E-state index contributed by atoms with van der Waals surface area (Å²) in [6, 6.07) is 17.1. The first-order valence-corrected chi connectivity index (χ1v) is 5.83. The summed E-state index contributed by atoms with van der Waals surface area (Å²) in [5.74, 6) is -0.278.